The zero-order chi connectivity index (χ0) is 22.5. The van der Waals surface area contributed by atoms with E-state index in [0.717, 1.165) is 11.1 Å². The second-order valence-corrected chi connectivity index (χ2v) is 6.70. The predicted molar refractivity (Wildman–Crippen MR) is 110 cm³/mol. The van der Waals surface area contributed by atoms with Crippen LogP contribution in [-0.2, 0) is 16.1 Å². The molecule has 0 saturated carbocycles. The van der Waals surface area contributed by atoms with Crippen molar-refractivity contribution in [1.29, 1.82) is 0 Å². The van der Waals surface area contributed by atoms with Crippen LogP contribution >= 0.6 is 0 Å². The van der Waals surface area contributed by atoms with E-state index in [4.69, 9.17) is 13.9 Å². The molecule has 162 valence electrons. The van der Waals surface area contributed by atoms with E-state index in [1.807, 2.05) is 26.0 Å². The van der Waals surface area contributed by atoms with Crippen LogP contribution in [0.1, 0.15) is 22.3 Å². The molecule has 31 heavy (non-hydrogen) atoms. The van der Waals surface area contributed by atoms with Crippen molar-refractivity contribution in [1.82, 2.24) is 0 Å². The number of esters is 1. The second kappa shape index (κ2) is 9.42. The number of methoxy groups -OCH3 is 1. The summed E-state index contributed by atoms with van der Waals surface area (Å²) in [7, 11) is 1.32. The van der Waals surface area contributed by atoms with Crippen LogP contribution < -0.4 is 15.1 Å². The van der Waals surface area contributed by atoms with Crippen LogP contribution in [0.25, 0.3) is 17.0 Å². The lowest BCUT2D eigenvalue weighted by atomic mass is 10.0. The lowest BCUT2D eigenvalue weighted by Gasteiger charge is -2.10. The highest BCUT2D eigenvalue weighted by Crippen LogP contribution is 2.30. The fraction of sp³-hybridized carbons (Fsp3) is 0.217. The summed E-state index contributed by atoms with van der Waals surface area (Å²) < 4.78 is 44.7. The Morgan fingerprint density at radius 2 is 1.90 bits per heavy atom. The quantitative estimate of drug-likeness (QED) is 0.305. The summed E-state index contributed by atoms with van der Waals surface area (Å²) in [6, 6.07) is 9.26. The Hall–Kier alpha value is -3.68. The SMILES string of the molecule is COc1cc(C=CC(=O)OCc2cc(=O)oc3c(C)c(C)ccc23)ccc1OC(F)F. The highest BCUT2D eigenvalue weighted by molar-refractivity contribution is 5.88. The smallest absolute Gasteiger partial charge is 0.387 e. The molecule has 3 aromatic rings. The van der Waals surface area contributed by atoms with Gasteiger partial charge >= 0.3 is 18.2 Å². The minimum absolute atomic E-state index is 0.101. The molecule has 0 radical (unpaired) electrons. The van der Waals surface area contributed by atoms with E-state index in [9.17, 15) is 18.4 Å². The molecule has 2 aromatic carbocycles. The third-order valence-corrected chi connectivity index (χ3v) is 4.70. The summed E-state index contributed by atoms with van der Waals surface area (Å²) >= 11 is 0. The molecule has 0 fully saturated rings. The van der Waals surface area contributed by atoms with E-state index < -0.39 is 18.2 Å². The van der Waals surface area contributed by atoms with Gasteiger partial charge in [-0.2, -0.15) is 8.78 Å². The maximum Gasteiger partial charge on any atom is 0.387 e. The number of rotatable bonds is 7. The van der Waals surface area contributed by atoms with Gasteiger partial charge in [-0.05, 0) is 48.7 Å². The molecule has 0 aliphatic rings. The van der Waals surface area contributed by atoms with Crippen LogP contribution in [0, 0.1) is 13.8 Å². The zero-order valence-corrected chi connectivity index (χ0v) is 17.1. The molecular formula is C23H20F2O6. The number of ether oxygens (including phenoxy) is 3. The number of aryl methyl sites for hydroxylation is 2. The third kappa shape index (κ3) is 5.28. The lowest BCUT2D eigenvalue weighted by molar-refractivity contribution is -0.138. The van der Waals surface area contributed by atoms with Crippen molar-refractivity contribution in [3.05, 3.63) is 75.1 Å². The molecule has 0 aliphatic heterocycles. The Bertz CT molecular complexity index is 1200. The molecular weight excluding hydrogens is 410 g/mol. The van der Waals surface area contributed by atoms with Gasteiger partial charge in [-0.15, -0.1) is 0 Å². The first kappa shape index (κ1) is 22.0. The minimum atomic E-state index is -2.98. The van der Waals surface area contributed by atoms with Crippen LogP contribution in [-0.4, -0.2) is 19.7 Å². The monoisotopic (exact) mass is 430 g/mol. The molecule has 6 nitrogen and oxygen atoms in total. The second-order valence-electron chi connectivity index (χ2n) is 6.70. The standard InChI is InChI=1S/C23H20F2O6/c1-13-4-7-17-16(11-21(27)31-22(17)14(13)2)12-29-20(26)9-6-15-5-8-18(30-23(24)25)19(10-15)28-3/h4-11,23H,12H2,1-3H3. The van der Waals surface area contributed by atoms with E-state index in [0.29, 0.717) is 22.1 Å². The van der Waals surface area contributed by atoms with Gasteiger partial charge in [0.2, 0.25) is 0 Å². The Balaban J connectivity index is 1.73. The van der Waals surface area contributed by atoms with Gasteiger partial charge in [0.05, 0.1) is 7.11 Å². The molecule has 1 aromatic heterocycles. The van der Waals surface area contributed by atoms with Crippen LogP contribution in [0.3, 0.4) is 0 Å². The molecule has 3 rings (SSSR count). The number of halogens is 2. The van der Waals surface area contributed by atoms with Gasteiger partial charge in [0.25, 0.3) is 0 Å². The van der Waals surface area contributed by atoms with Gasteiger partial charge in [0.15, 0.2) is 11.5 Å². The minimum Gasteiger partial charge on any atom is -0.493 e. The van der Waals surface area contributed by atoms with Crippen molar-refractivity contribution in [2.24, 2.45) is 0 Å². The fourth-order valence-corrected chi connectivity index (χ4v) is 2.99. The van der Waals surface area contributed by atoms with E-state index in [-0.39, 0.29) is 18.1 Å². The third-order valence-electron chi connectivity index (χ3n) is 4.70. The molecule has 0 amide bonds. The summed E-state index contributed by atoms with van der Waals surface area (Å²) in [6.07, 6.45) is 2.63. The Morgan fingerprint density at radius 1 is 1.13 bits per heavy atom. The number of hydrogen-bond donors (Lipinski definition) is 0. The van der Waals surface area contributed by atoms with Crippen LogP contribution in [0.5, 0.6) is 11.5 Å². The molecule has 0 saturated heterocycles. The Kier molecular flexibility index (Phi) is 6.69. The van der Waals surface area contributed by atoms with Gasteiger partial charge in [-0.25, -0.2) is 9.59 Å². The van der Waals surface area contributed by atoms with Crippen molar-refractivity contribution < 1.29 is 32.2 Å². The Morgan fingerprint density at radius 3 is 2.61 bits per heavy atom. The van der Waals surface area contributed by atoms with Gasteiger partial charge in [-0.3, -0.25) is 0 Å². The van der Waals surface area contributed by atoms with E-state index >= 15 is 0 Å². The van der Waals surface area contributed by atoms with Crippen molar-refractivity contribution in [2.75, 3.05) is 7.11 Å². The van der Waals surface area contributed by atoms with Crippen molar-refractivity contribution >= 4 is 23.0 Å². The number of carbonyl (C=O) groups is 1. The van der Waals surface area contributed by atoms with Gasteiger partial charge in [0.1, 0.15) is 12.2 Å². The lowest BCUT2D eigenvalue weighted by Crippen LogP contribution is -2.06. The highest BCUT2D eigenvalue weighted by atomic mass is 19.3. The fourth-order valence-electron chi connectivity index (χ4n) is 2.99. The molecule has 1 heterocycles. The topological polar surface area (TPSA) is 75.0 Å². The molecule has 0 aliphatic carbocycles. The van der Waals surface area contributed by atoms with Gasteiger partial charge in [0, 0.05) is 23.1 Å². The first-order valence-corrected chi connectivity index (χ1v) is 9.29. The zero-order valence-electron chi connectivity index (χ0n) is 17.1. The first-order chi connectivity index (χ1) is 14.8. The van der Waals surface area contributed by atoms with Crippen LogP contribution in [0.15, 0.2) is 51.7 Å². The van der Waals surface area contributed by atoms with Crippen molar-refractivity contribution in [3.8, 4) is 11.5 Å². The highest BCUT2D eigenvalue weighted by Gasteiger charge is 2.12. The van der Waals surface area contributed by atoms with Gasteiger partial charge in [-0.1, -0.05) is 18.2 Å². The first-order valence-electron chi connectivity index (χ1n) is 9.29. The van der Waals surface area contributed by atoms with E-state index in [1.165, 1.54) is 43.5 Å². The summed E-state index contributed by atoms with van der Waals surface area (Å²) in [6.45, 7) is 0.672. The number of hydrogen-bond acceptors (Lipinski definition) is 6. The summed E-state index contributed by atoms with van der Waals surface area (Å²) in [4.78, 5) is 24.0. The average Bonchev–Trinajstić information content (AvgIpc) is 2.73. The number of alkyl halides is 2. The summed E-state index contributed by atoms with van der Waals surface area (Å²) in [5, 5.41) is 0.693. The summed E-state index contributed by atoms with van der Waals surface area (Å²) in [5.74, 6) is -0.654. The van der Waals surface area contributed by atoms with Crippen LogP contribution in [0.4, 0.5) is 8.78 Å². The van der Waals surface area contributed by atoms with Crippen molar-refractivity contribution in [3.63, 3.8) is 0 Å². The molecule has 0 N–H and O–H groups in total. The maximum atomic E-state index is 12.4. The maximum absolute atomic E-state index is 12.4. The number of fused-ring (bicyclic) bond motifs is 1. The van der Waals surface area contributed by atoms with Crippen LogP contribution in [0.2, 0.25) is 0 Å². The predicted octanol–water partition coefficient (Wildman–Crippen LogP) is 4.78. The van der Waals surface area contributed by atoms with Crippen molar-refractivity contribution in [2.45, 2.75) is 27.1 Å². The van der Waals surface area contributed by atoms with E-state index in [2.05, 4.69) is 4.74 Å². The molecule has 0 unspecified atom stereocenters. The van der Waals surface area contributed by atoms with Gasteiger partial charge < -0.3 is 18.6 Å². The summed E-state index contributed by atoms with van der Waals surface area (Å²) in [5.41, 5.74) is 2.82. The molecule has 0 bridgehead atoms. The molecule has 0 spiro atoms. The normalized spacial score (nSPS) is 11.3. The molecule has 8 heteroatoms. The number of carbonyl (C=O) groups excluding carboxylic acids is 1. The number of benzene rings is 2. The largest absolute Gasteiger partial charge is 0.493 e. The average molecular weight is 430 g/mol. The molecule has 0 atom stereocenters. The Labute approximate surface area is 176 Å². The van der Waals surface area contributed by atoms with E-state index in [1.54, 1.807) is 0 Å².